The van der Waals surface area contributed by atoms with Gasteiger partial charge >= 0.3 is 0 Å². The molecule has 0 saturated heterocycles. The molecule has 1 aliphatic rings. The summed E-state index contributed by atoms with van der Waals surface area (Å²) >= 11 is 0. The first-order chi connectivity index (χ1) is 9.85. The molecule has 1 N–H and O–H groups in total. The monoisotopic (exact) mass is 273 g/mol. The van der Waals surface area contributed by atoms with Gasteiger partial charge in [0, 0.05) is 6.54 Å². The number of benzene rings is 1. The number of rotatable bonds is 5. The van der Waals surface area contributed by atoms with Crippen LogP contribution in [0.4, 0.5) is 0 Å². The average Bonchev–Trinajstić information content (AvgIpc) is 2.94. The molecule has 2 aromatic rings. The quantitative estimate of drug-likeness (QED) is 0.890. The molecule has 0 radical (unpaired) electrons. The van der Waals surface area contributed by atoms with E-state index in [0.29, 0.717) is 19.0 Å². The molecule has 6 nitrogen and oxygen atoms in total. The summed E-state index contributed by atoms with van der Waals surface area (Å²) in [4.78, 5) is 8.45. The Morgan fingerprint density at radius 2 is 2.10 bits per heavy atom. The van der Waals surface area contributed by atoms with E-state index < -0.39 is 0 Å². The van der Waals surface area contributed by atoms with Crippen LogP contribution in [0.1, 0.15) is 11.3 Å². The van der Waals surface area contributed by atoms with Crippen molar-refractivity contribution in [3.8, 4) is 17.4 Å². The lowest BCUT2D eigenvalue weighted by molar-refractivity contribution is 0.174. The zero-order chi connectivity index (χ0) is 13.8. The Bertz CT molecular complexity index is 587. The highest BCUT2D eigenvalue weighted by atomic mass is 16.7. The van der Waals surface area contributed by atoms with Crippen LogP contribution in [0.5, 0.6) is 17.4 Å². The minimum atomic E-state index is 0.276. The molecule has 0 saturated carbocycles. The molecule has 0 unspecified atom stereocenters. The first kappa shape index (κ1) is 12.7. The van der Waals surface area contributed by atoms with Crippen molar-refractivity contribution < 1.29 is 14.2 Å². The van der Waals surface area contributed by atoms with E-state index in [9.17, 15) is 0 Å². The van der Waals surface area contributed by atoms with Crippen molar-refractivity contribution in [3.05, 3.63) is 41.9 Å². The highest BCUT2D eigenvalue weighted by molar-refractivity contribution is 5.44. The molecule has 0 spiro atoms. The maximum atomic E-state index is 5.59. The maximum Gasteiger partial charge on any atom is 0.232 e. The fourth-order valence-corrected chi connectivity index (χ4v) is 1.88. The smallest absolute Gasteiger partial charge is 0.232 e. The van der Waals surface area contributed by atoms with E-state index in [0.717, 1.165) is 22.8 Å². The van der Waals surface area contributed by atoms with Gasteiger partial charge in [0.15, 0.2) is 11.5 Å². The molecule has 1 aromatic heterocycles. The lowest BCUT2D eigenvalue weighted by Gasteiger charge is -2.06. The third-order valence-electron chi connectivity index (χ3n) is 2.86. The highest BCUT2D eigenvalue weighted by Gasteiger charge is 2.13. The summed E-state index contributed by atoms with van der Waals surface area (Å²) in [6.45, 7) is 1.38. The molecule has 0 atom stereocenters. The van der Waals surface area contributed by atoms with Gasteiger partial charge in [-0.3, -0.25) is 4.98 Å². The van der Waals surface area contributed by atoms with Crippen LogP contribution in [0.3, 0.4) is 0 Å². The molecule has 20 heavy (non-hydrogen) atoms. The summed E-state index contributed by atoms with van der Waals surface area (Å²) in [5, 5.41) is 3.02. The van der Waals surface area contributed by atoms with Gasteiger partial charge in [0.1, 0.15) is 6.61 Å². The molecule has 0 fully saturated rings. The second-order valence-corrected chi connectivity index (χ2v) is 4.35. The summed E-state index contributed by atoms with van der Waals surface area (Å²) in [6, 6.07) is 5.73. The van der Waals surface area contributed by atoms with E-state index in [1.165, 1.54) is 0 Å². The molecule has 0 bridgehead atoms. The molecule has 104 valence electrons. The van der Waals surface area contributed by atoms with Crippen LogP contribution in [-0.4, -0.2) is 23.8 Å². The summed E-state index contributed by atoms with van der Waals surface area (Å²) < 4.78 is 16.2. The van der Waals surface area contributed by atoms with Crippen LogP contribution in [0.25, 0.3) is 0 Å². The van der Waals surface area contributed by atoms with E-state index in [1.54, 1.807) is 12.4 Å². The standard InChI is InChI=1S/C14H15N3O3/c1-15-5-11-6-17-14(7-16-11)18-8-10-2-3-12-13(4-10)20-9-19-12/h2-4,6-7,15H,5,8-9H2,1H3. The van der Waals surface area contributed by atoms with Crippen LogP contribution in [-0.2, 0) is 13.2 Å². The molecule has 6 heteroatoms. The van der Waals surface area contributed by atoms with Gasteiger partial charge in [0.05, 0.1) is 18.1 Å². The van der Waals surface area contributed by atoms with Crippen LogP contribution in [0.15, 0.2) is 30.6 Å². The summed E-state index contributed by atoms with van der Waals surface area (Å²) in [7, 11) is 1.87. The fourth-order valence-electron chi connectivity index (χ4n) is 1.88. The van der Waals surface area contributed by atoms with E-state index in [4.69, 9.17) is 14.2 Å². The number of aromatic nitrogens is 2. The van der Waals surface area contributed by atoms with E-state index in [1.807, 2.05) is 25.2 Å². The molecule has 0 amide bonds. The van der Waals surface area contributed by atoms with Crippen molar-refractivity contribution in [2.24, 2.45) is 0 Å². The summed E-state index contributed by atoms with van der Waals surface area (Å²) in [6.07, 6.45) is 3.32. The van der Waals surface area contributed by atoms with Crippen molar-refractivity contribution in [1.29, 1.82) is 0 Å². The molecule has 1 aromatic carbocycles. The Kier molecular flexibility index (Phi) is 3.64. The third kappa shape index (κ3) is 2.80. The van der Waals surface area contributed by atoms with Gasteiger partial charge in [-0.2, -0.15) is 0 Å². The van der Waals surface area contributed by atoms with Gasteiger partial charge in [-0.1, -0.05) is 6.07 Å². The Morgan fingerprint density at radius 1 is 1.20 bits per heavy atom. The van der Waals surface area contributed by atoms with Gasteiger partial charge < -0.3 is 19.5 Å². The van der Waals surface area contributed by atoms with Crippen molar-refractivity contribution in [2.45, 2.75) is 13.2 Å². The maximum absolute atomic E-state index is 5.59. The van der Waals surface area contributed by atoms with Gasteiger partial charge in [-0.15, -0.1) is 0 Å². The van der Waals surface area contributed by atoms with Crippen molar-refractivity contribution in [1.82, 2.24) is 15.3 Å². The van der Waals surface area contributed by atoms with Gasteiger partial charge in [-0.05, 0) is 24.7 Å². The molecular weight excluding hydrogens is 258 g/mol. The average molecular weight is 273 g/mol. The Balaban J connectivity index is 1.61. The SMILES string of the molecule is CNCc1cnc(OCc2ccc3c(c2)OCO3)cn1. The molecule has 0 aliphatic carbocycles. The zero-order valence-electron chi connectivity index (χ0n) is 11.1. The Hall–Kier alpha value is -2.34. The lowest BCUT2D eigenvalue weighted by Crippen LogP contribution is -2.07. The van der Waals surface area contributed by atoms with Gasteiger partial charge in [-0.25, -0.2) is 4.98 Å². The van der Waals surface area contributed by atoms with E-state index in [2.05, 4.69) is 15.3 Å². The van der Waals surface area contributed by atoms with E-state index >= 15 is 0 Å². The normalized spacial score (nSPS) is 12.4. The minimum absolute atomic E-state index is 0.276. The summed E-state index contributed by atoms with van der Waals surface area (Å²) in [5.41, 5.74) is 1.87. The number of fused-ring (bicyclic) bond motifs is 1. The second kappa shape index (κ2) is 5.75. The predicted octanol–water partition coefficient (Wildman–Crippen LogP) is 1.50. The van der Waals surface area contributed by atoms with Crippen LogP contribution >= 0.6 is 0 Å². The number of nitrogens with zero attached hydrogens (tertiary/aromatic N) is 2. The minimum Gasteiger partial charge on any atom is -0.472 e. The topological polar surface area (TPSA) is 65.5 Å². The van der Waals surface area contributed by atoms with Crippen LogP contribution in [0, 0.1) is 0 Å². The van der Waals surface area contributed by atoms with Crippen LogP contribution in [0.2, 0.25) is 0 Å². The summed E-state index contributed by atoms with van der Waals surface area (Å²) in [5.74, 6) is 2.02. The molecule has 1 aliphatic heterocycles. The predicted molar refractivity (Wildman–Crippen MR) is 71.7 cm³/mol. The Morgan fingerprint density at radius 3 is 2.90 bits per heavy atom. The largest absolute Gasteiger partial charge is 0.472 e. The molecule has 3 rings (SSSR count). The molecular formula is C14H15N3O3. The Labute approximate surface area is 116 Å². The first-order valence-electron chi connectivity index (χ1n) is 6.32. The molecule has 2 heterocycles. The van der Waals surface area contributed by atoms with Gasteiger partial charge in [0.25, 0.3) is 0 Å². The zero-order valence-corrected chi connectivity index (χ0v) is 11.1. The second-order valence-electron chi connectivity index (χ2n) is 4.35. The number of ether oxygens (including phenoxy) is 3. The van der Waals surface area contributed by atoms with Crippen molar-refractivity contribution >= 4 is 0 Å². The van der Waals surface area contributed by atoms with Crippen LogP contribution < -0.4 is 19.5 Å². The number of nitrogens with one attached hydrogen (secondary N) is 1. The van der Waals surface area contributed by atoms with Crippen molar-refractivity contribution in [2.75, 3.05) is 13.8 Å². The number of hydrogen-bond donors (Lipinski definition) is 1. The fraction of sp³-hybridized carbons (Fsp3) is 0.286. The highest BCUT2D eigenvalue weighted by Crippen LogP contribution is 2.32. The van der Waals surface area contributed by atoms with Gasteiger partial charge in [0.2, 0.25) is 12.7 Å². The van der Waals surface area contributed by atoms with E-state index in [-0.39, 0.29) is 6.79 Å². The lowest BCUT2D eigenvalue weighted by atomic mass is 10.2. The van der Waals surface area contributed by atoms with Crippen molar-refractivity contribution in [3.63, 3.8) is 0 Å². The first-order valence-corrected chi connectivity index (χ1v) is 6.32. The third-order valence-corrected chi connectivity index (χ3v) is 2.86. The number of hydrogen-bond acceptors (Lipinski definition) is 6.